The van der Waals surface area contributed by atoms with Crippen LogP contribution in [0, 0.1) is 10.5 Å². The minimum absolute atomic E-state index is 0.322. The van der Waals surface area contributed by atoms with Crippen LogP contribution in [-0.4, -0.2) is 12.3 Å². The van der Waals surface area contributed by atoms with Crippen LogP contribution in [0.5, 0.6) is 5.75 Å². The van der Waals surface area contributed by atoms with E-state index < -0.39 is 6.36 Å². The van der Waals surface area contributed by atoms with Gasteiger partial charge in [-0.15, -0.1) is 13.2 Å². The van der Waals surface area contributed by atoms with Crippen molar-refractivity contribution in [2.75, 3.05) is 5.32 Å². The highest BCUT2D eigenvalue weighted by Gasteiger charge is 2.30. The molecule has 0 bridgehead atoms. The number of carbonyl (C=O) groups is 1. The van der Waals surface area contributed by atoms with Gasteiger partial charge in [-0.25, -0.2) is 0 Å². The van der Waals surface area contributed by atoms with E-state index in [2.05, 4.69) is 32.6 Å². The Labute approximate surface area is 138 Å². The number of benzene rings is 2. The lowest BCUT2D eigenvalue weighted by molar-refractivity contribution is -0.274. The Bertz CT molecular complexity index is 684. The van der Waals surface area contributed by atoms with E-state index in [1.165, 1.54) is 12.1 Å². The monoisotopic (exact) mass is 421 g/mol. The van der Waals surface area contributed by atoms with Crippen LogP contribution in [-0.2, 0) is 0 Å². The second kappa shape index (κ2) is 6.55. The standard InChI is InChI=1S/C15H11F3INO2/c1-9-3-2-4-12(13(9)19)14(21)20-10-5-7-11(8-6-10)22-15(16,17)18/h2-8H,1H3,(H,20,21). The Hall–Kier alpha value is -1.77. The van der Waals surface area contributed by atoms with Gasteiger partial charge in [-0.3, -0.25) is 4.79 Å². The van der Waals surface area contributed by atoms with Gasteiger partial charge in [0.2, 0.25) is 0 Å². The Kier molecular flexibility index (Phi) is 4.94. The number of anilines is 1. The van der Waals surface area contributed by atoms with E-state index in [1.54, 1.807) is 12.1 Å². The number of rotatable bonds is 3. The minimum atomic E-state index is -4.73. The van der Waals surface area contributed by atoms with Crippen molar-refractivity contribution in [2.45, 2.75) is 13.3 Å². The van der Waals surface area contributed by atoms with Crippen molar-refractivity contribution >= 4 is 34.2 Å². The molecule has 0 atom stereocenters. The molecule has 2 aromatic carbocycles. The first-order chi connectivity index (χ1) is 10.3. The zero-order chi connectivity index (χ0) is 16.3. The number of hydrogen-bond acceptors (Lipinski definition) is 2. The maximum Gasteiger partial charge on any atom is 0.573 e. The summed E-state index contributed by atoms with van der Waals surface area (Å²) in [4.78, 5) is 12.2. The van der Waals surface area contributed by atoms with E-state index in [0.29, 0.717) is 11.3 Å². The molecule has 0 saturated carbocycles. The number of hydrogen-bond donors (Lipinski definition) is 1. The molecule has 2 rings (SSSR count). The van der Waals surface area contributed by atoms with Crippen molar-refractivity contribution in [2.24, 2.45) is 0 Å². The van der Waals surface area contributed by atoms with Crippen LogP contribution in [0.4, 0.5) is 18.9 Å². The molecule has 7 heteroatoms. The Morgan fingerprint density at radius 3 is 2.36 bits per heavy atom. The molecule has 0 radical (unpaired) electrons. The molecule has 0 heterocycles. The zero-order valence-corrected chi connectivity index (χ0v) is 13.5. The highest BCUT2D eigenvalue weighted by molar-refractivity contribution is 14.1. The molecule has 0 aromatic heterocycles. The van der Waals surface area contributed by atoms with Crippen LogP contribution in [0.15, 0.2) is 42.5 Å². The van der Waals surface area contributed by atoms with Gasteiger partial charge < -0.3 is 10.1 Å². The average molecular weight is 421 g/mol. The van der Waals surface area contributed by atoms with E-state index in [4.69, 9.17) is 0 Å². The summed E-state index contributed by atoms with van der Waals surface area (Å²) in [6.07, 6.45) is -4.73. The predicted octanol–water partition coefficient (Wildman–Crippen LogP) is 4.75. The third-order valence-corrected chi connectivity index (χ3v) is 4.21. The summed E-state index contributed by atoms with van der Waals surface area (Å²) in [6, 6.07) is 10.3. The van der Waals surface area contributed by atoms with E-state index in [0.717, 1.165) is 21.3 Å². The van der Waals surface area contributed by atoms with Crippen LogP contribution >= 0.6 is 22.6 Å². The number of halogens is 4. The smallest absolute Gasteiger partial charge is 0.406 e. The second-order valence-electron chi connectivity index (χ2n) is 4.46. The maximum absolute atomic E-state index is 12.2. The molecule has 22 heavy (non-hydrogen) atoms. The molecule has 0 fully saturated rings. The van der Waals surface area contributed by atoms with Crippen LogP contribution in [0.3, 0.4) is 0 Å². The lowest BCUT2D eigenvalue weighted by atomic mass is 10.1. The van der Waals surface area contributed by atoms with E-state index in [-0.39, 0.29) is 11.7 Å². The summed E-state index contributed by atoms with van der Waals surface area (Å²) in [5.74, 6) is -0.659. The number of nitrogens with one attached hydrogen (secondary N) is 1. The molecule has 0 aliphatic rings. The number of aryl methyl sites for hydroxylation is 1. The molecular formula is C15H11F3INO2. The van der Waals surface area contributed by atoms with E-state index in [1.807, 2.05) is 13.0 Å². The van der Waals surface area contributed by atoms with Gasteiger partial charge in [0.1, 0.15) is 5.75 Å². The molecule has 0 spiro atoms. The normalized spacial score (nSPS) is 11.1. The summed E-state index contributed by atoms with van der Waals surface area (Å²) >= 11 is 2.08. The third-order valence-electron chi connectivity index (χ3n) is 2.78. The van der Waals surface area contributed by atoms with Crippen LogP contribution in [0.1, 0.15) is 15.9 Å². The van der Waals surface area contributed by atoms with Gasteiger partial charge in [0.05, 0.1) is 5.56 Å². The molecule has 3 nitrogen and oxygen atoms in total. The fourth-order valence-electron chi connectivity index (χ4n) is 1.76. The Morgan fingerprint density at radius 1 is 1.14 bits per heavy atom. The predicted molar refractivity (Wildman–Crippen MR) is 85.0 cm³/mol. The summed E-state index contributed by atoms with van der Waals surface area (Å²) in [5.41, 5.74) is 1.87. The molecule has 116 valence electrons. The number of alkyl halides is 3. The van der Waals surface area contributed by atoms with Crippen molar-refractivity contribution in [1.82, 2.24) is 0 Å². The first-order valence-electron chi connectivity index (χ1n) is 6.18. The maximum atomic E-state index is 12.2. The topological polar surface area (TPSA) is 38.3 Å². The summed E-state index contributed by atoms with van der Waals surface area (Å²) in [6.45, 7) is 1.89. The van der Waals surface area contributed by atoms with Gasteiger partial charge >= 0.3 is 6.36 Å². The summed E-state index contributed by atoms with van der Waals surface area (Å²) in [5, 5.41) is 2.64. The molecule has 1 N–H and O–H groups in total. The van der Waals surface area contributed by atoms with Crippen molar-refractivity contribution in [3.05, 3.63) is 57.2 Å². The SMILES string of the molecule is Cc1cccc(C(=O)Nc2ccc(OC(F)(F)F)cc2)c1I. The van der Waals surface area contributed by atoms with E-state index in [9.17, 15) is 18.0 Å². The van der Waals surface area contributed by atoms with Crippen LogP contribution in [0.25, 0.3) is 0 Å². The Morgan fingerprint density at radius 2 is 1.77 bits per heavy atom. The van der Waals surface area contributed by atoms with Crippen LogP contribution in [0.2, 0.25) is 0 Å². The van der Waals surface area contributed by atoms with Gasteiger partial charge in [0, 0.05) is 9.26 Å². The van der Waals surface area contributed by atoms with Gasteiger partial charge in [0.15, 0.2) is 0 Å². The first-order valence-corrected chi connectivity index (χ1v) is 7.26. The molecule has 1 amide bonds. The highest BCUT2D eigenvalue weighted by Crippen LogP contribution is 2.24. The molecule has 0 aliphatic carbocycles. The van der Waals surface area contributed by atoms with Gasteiger partial charge in [0.25, 0.3) is 5.91 Å². The Balaban J connectivity index is 2.11. The third kappa shape index (κ3) is 4.36. The fourth-order valence-corrected chi connectivity index (χ4v) is 2.37. The highest BCUT2D eigenvalue weighted by atomic mass is 127. The van der Waals surface area contributed by atoms with Crippen molar-refractivity contribution in [3.63, 3.8) is 0 Å². The molecule has 0 saturated heterocycles. The number of amides is 1. The van der Waals surface area contributed by atoms with E-state index >= 15 is 0 Å². The second-order valence-corrected chi connectivity index (χ2v) is 5.54. The van der Waals surface area contributed by atoms with Crippen molar-refractivity contribution in [3.8, 4) is 5.75 Å². The lowest BCUT2D eigenvalue weighted by Crippen LogP contribution is -2.17. The first kappa shape index (κ1) is 16.6. The lowest BCUT2D eigenvalue weighted by Gasteiger charge is -2.11. The molecular weight excluding hydrogens is 410 g/mol. The summed E-state index contributed by atoms with van der Waals surface area (Å²) < 4.78 is 40.8. The number of carbonyl (C=O) groups excluding carboxylic acids is 1. The quantitative estimate of drug-likeness (QED) is 0.727. The van der Waals surface area contributed by atoms with Gasteiger partial charge in [-0.1, -0.05) is 12.1 Å². The van der Waals surface area contributed by atoms with Gasteiger partial charge in [-0.2, -0.15) is 0 Å². The van der Waals surface area contributed by atoms with Crippen molar-refractivity contribution < 1.29 is 22.7 Å². The molecule has 2 aromatic rings. The average Bonchev–Trinajstić information content (AvgIpc) is 2.42. The molecule has 0 unspecified atom stereocenters. The molecule has 0 aliphatic heterocycles. The minimum Gasteiger partial charge on any atom is -0.406 e. The van der Waals surface area contributed by atoms with Crippen LogP contribution < -0.4 is 10.1 Å². The fraction of sp³-hybridized carbons (Fsp3) is 0.133. The largest absolute Gasteiger partial charge is 0.573 e. The number of ether oxygens (including phenoxy) is 1. The van der Waals surface area contributed by atoms with Crippen molar-refractivity contribution in [1.29, 1.82) is 0 Å². The summed E-state index contributed by atoms with van der Waals surface area (Å²) in [7, 11) is 0. The van der Waals surface area contributed by atoms with Gasteiger partial charge in [-0.05, 0) is 65.4 Å². The zero-order valence-electron chi connectivity index (χ0n) is 11.4.